The van der Waals surface area contributed by atoms with Crippen molar-refractivity contribution in [1.82, 2.24) is 4.98 Å². The number of nitrogens with one attached hydrogen (secondary N) is 3. The number of fused-ring (bicyclic) bond motifs is 1. The molecule has 1 heterocycles. The molecule has 0 spiro atoms. The van der Waals surface area contributed by atoms with Crippen molar-refractivity contribution in [2.24, 2.45) is 0 Å². The highest BCUT2D eigenvalue weighted by atomic mass is 79.9. The minimum absolute atomic E-state index is 0.107. The molecule has 0 radical (unpaired) electrons. The van der Waals surface area contributed by atoms with E-state index < -0.39 is 17.4 Å². The van der Waals surface area contributed by atoms with Gasteiger partial charge < -0.3 is 26.2 Å². The molecule has 1 amide bonds. The van der Waals surface area contributed by atoms with Gasteiger partial charge in [0.05, 0.1) is 16.9 Å². The molecule has 0 aliphatic carbocycles. The number of pyridine rings is 1. The van der Waals surface area contributed by atoms with Crippen molar-refractivity contribution in [3.8, 4) is 11.5 Å². The van der Waals surface area contributed by atoms with Crippen molar-refractivity contribution >= 4 is 89.3 Å². The molecule has 0 aliphatic rings. The SMILES string of the molecule is CC(=O)Nc1ccc(Sc2ccccc2CNc2cc(Br)cc(F)c2O)cc1.Oc1c(F)cc(Br)cc1NCc1ccccc1Sc1ccc2cccnc2c1. The Bertz CT molecular complexity index is 2490. The average molecular weight is 917 g/mol. The number of benzene rings is 6. The topological polar surface area (TPSA) is 107 Å². The second-order valence-electron chi connectivity index (χ2n) is 12.3. The Labute approximate surface area is 348 Å². The van der Waals surface area contributed by atoms with Crippen LogP contribution in [0.4, 0.5) is 25.8 Å². The molecule has 6 aromatic carbocycles. The Morgan fingerprint density at radius 3 is 1.73 bits per heavy atom. The van der Waals surface area contributed by atoms with Gasteiger partial charge in [0.2, 0.25) is 5.91 Å². The van der Waals surface area contributed by atoms with Crippen LogP contribution in [0.5, 0.6) is 11.5 Å². The minimum Gasteiger partial charge on any atom is -0.503 e. The molecule has 0 aliphatic heterocycles. The van der Waals surface area contributed by atoms with Crippen LogP contribution in [-0.4, -0.2) is 21.1 Å². The van der Waals surface area contributed by atoms with Gasteiger partial charge in [-0.05, 0) is 90.0 Å². The zero-order valence-corrected chi connectivity index (χ0v) is 34.5. The molecular weight excluding hydrogens is 882 g/mol. The normalized spacial score (nSPS) is 10.7. The number of aromatic hydroxyl groups is 2. The first-order valence-corrected chi connectivity index (χ1v) is 20.3. The maximum Gasteiger partial charge on any atom is 0.221 e. The van der Waals surface area contributed by atoms with Gasteiger partial charge >= 0.3 is 0 Å². The number of amides is 1. The molecule has 7 rings (SSSR count). The van der Waals surface area contributed by atoms with Gasteiger partial charge in [-0.25, -0.2) is 8.78 Å². The van der Waals surface area contributed by atoms with E-state index in [1.807, 2.05) is 84.9 Å². The lowest BCUT2D eigenvalue weighted by molar-refractivity contribution is -0.114. The summed E-state index contributed by atoms with van der Waals surface area (Å²) >= 11 is 9.72. The summed E-state index contributed by atoms with van der Waals surface area (Å²) in [6.45, 7) is 2.36. The van der Waals surface area contributed by atoms with Crippen molar-refractivity contribution in [2.75, 3.05) is 16.0 Å². The summed E-state index contributed by atoms with van der Waals surface area (Å²) in [6.07, 6.45) is 1.79. The van der Waals surface area contributed by atoms with Gasteiger partial charge in [0.25, 0.3) is 0 Å². The van der Waals surface area contributed by atoms with Gasteiger partial charge in [-0.15, -0.1) is 0 Å². The Balaban J connectivity index is 0.000000190. The number of halogens is 4. The van der Waals surface area contributed by atoms with E-state index in [0.29, 0.717) is 33.4 Å². The van der Waals surface area contributed by atoms with E-state index in [2.05, 4.69) is 71.0 Å². The monoisotopic (exact) mass is 914 g/mol. The fourth-order valence-corrected chi connectivity index (χ4v) is 8.24. The van der Waals surface area contributed by atoms with Crippen LogP contribution in [0.1, 0.15) is 18.1 Å². The lowest BCUT2D eigenvalue weighted by Gasteiger charge is -2.13. The maximum absolute atomic E-state index is 13.7. The van der Waals surface area contributed by atoms with E-state index in [4.69, 9.17) is 0 Å². The lowest BCUT2D eigenvalue weighted by Crippen LogP contribution is -2.05. The number of phenolic OH excluding ortho intramolecular Hbond substituents is 2. The number of carbonyl (C=O) groups excluding carboxylic acids is 1. The molecule has 7 nitrogen and oxygen atoms in total. The Kier molecular flexibility index (Phi) is 13.9. The number of carbonyl (C=O) groups is 1. The van der Waals surface area contributed by atoms with Crippen molar-refractivity contribution < 1.29 is 23.8 Å². The molecule has 7 aromatic rings. The van der Waals surface area contributed by atoms with Crippen molar-refractivity contribution in [3.05, 3.63) is 165 Å². The summed E-state index contributed by atoms with van der Waals surface area (Å²) < 4.78 is 28.5. The third-order valence-electron chi connectivity index (χ3n) is 8.15. The second-order valence-corrected chi connectivity index (χ2v) is 16.3. The van der Waals surface area contributed by atoms with E-state index in [-0.39, 0.29) is 11.7 Å². The van der Waals surface area contributed by atoms with E-state index >= 15 is 0 Å². The Morgan fingerprint density at radius 1 is 0.661 bits per heavy atom. The third-order valence-corrected chi connectivity index (χ3v) is 11.3. The van der Waals surface area contributed by atoms with Crippen LogP contribution in [0, 0.1) is 11.6 Å². The number of nitrogens with zero attached hydrogens (tertiary/aromatic N) is 1. The Hall–Kier alpha value is -5.08. The number of aromatic nitrogens is 1. The van der Waals surface area contributed by atoms with Crippen LogP contribution in [0.2, 0.25) is 0 Å². The van der Waals surface area contributed by atoms with Crippen LogP contribution >= 0.6 is 55.4 Å². The number of hydrogen-bond acceptors (Lipinski definition) is 8. The predicted molar refractivity (Wildman–Crippen MR) is 230 cm³/mol. The van der Waals surface area contributed by atoms with Gasteiger partial charge in [0, 0.05) is 65.8 Å². The number of phenols is 2. The molecular formula is C43H34Br2F2N4O3S2. The summed E-state index contributed by atoms with van der Waals surface area (Å²) in [4.78, 5) is 19.8. The molecule has 0 saturated carbocycles. The second kappa shape index (κ2) is 19.2. The molecule has 1 aromatic heterocycles. The van der Waals surface area contributed by atoms with Gasteiger partial charge in [0.1, 0.15) is 0 Å². The molecule has 56 heavy (non-hydrogen) atoms. The van der Waals surface area contributed by atoms with Gasteiger partial charge in [-0.1, -0.05) is 104 Å². The standard InChI is InChI=1S/C22H16BrFN2OS.C21H18BrFN2O2S/c23-16-10-18(24)22(27)20(11-16)26-13-15-4-1-2-6-21(15)28-17-8-7-14-5-3-9-25-19(14)12-17;1-13(26)25-16-6-8-17(9-7-16)28-20-5-3-2-4-14(20)12-24-19-11-15(22)10-18(23)21(19)27/h1-12,26-27H,13H2;2-11,24,27H,12H2,1H3,(H,25,26). The van der Waals surface area contributed by atoms with E-state index in [0.717, 1.165) is 47.3 Å². The molecule has 0 fully saturated rings. The molecule has 0 atom stereocenters. The maximum atomic E-state index is 13.7. The summed E-state index contributed by atoms with van der Waals surface area (Å²) in [7, 11) is 0. The fraction of sp³-hybridized carbons (Fsp3) is 0.0698. The van der Waals surface area contributed by atoms with Crippen molar-refractivity contribution in [1.29, 1.82) is 0 Å². The first-order chi connectivity index (χ1) is 27.0. The molecule has 0 bridgehead atoms. The van der Waals surface area contributed by atoms with Gasteiger partial charge in [-0.2, -0.15) is 0 Å². The van der Waals surface area contributed by atoms with Crippen LogP contribution in [0.25, 0.3) is 10.9 Å². The summed E-state index contributed by atoms with van der Waals surface area (Å²) in [5.74, 6) is -2.23. The predicted octanol–water partition coefficient (Wildman–Crippen LogP) is 12.6. The highest BCUT2D eigenvalue weighted by Crippen LogP contribution is 2.36. The van der Waals surface area contributed by atoms with Gasteiger partial charge in [0.15, 0.2) is 23.1 Å². The summed E-state index contributed by atoms with van der Waals surface area (Å²) in [5.41, 5.74) is 4.44. The Morgan fingerprint density at radius 2 is 1.18 bits per heavy atom. The van der Waals surface area contributed by atoms with Crippen molar-refractivity contribution in [2.45, 2.75) is 39.6 Å². The van der Waals surface area contributed by atoms with Gasteiger partial charge in [-0.3, -0.25) is 9.78 Å². The molecule has 5 N–H and O–H groups in total. The van der Waals surface area contributed by atoms with E-state index in [9.17, 15) is 23.8 Å². The van der Waals surface area contributed by atoms with Crippen LogP contribution in [-0.2, 0) is 17.9 Å². The zero-order valence-electron chi connectivity index (χ0n) is 29.7. The average Bonchev–Trinajstić information content (AvgIpc) is 3.18. The summed E-state index contributed by atoms with van der Waals surface area (Å²) in [6, 6.07) is 39.4. The summed E-state index contributed by atoms with van der Waals surface area (Å²) in [5, 5.41) is 29.9. The lowest BCUT2D eigenvalue weighted by atomic mass is 10.2. The number of hydrogen-bond donors (Lipinski definition) is 5. The van der Waals surface area contributed by atoms with E-state index in [1.165, 1.54) is 19.1 Å². The molecule has 0 unspecified atom stereocenters. The van der Waals surface area contributed by atoms with Crippen LogP contribution in [0.3, 0.4) is 0 Å². The van der Waals surface area contributed by atoms with Crippen LogP contribution < -0.4 is 16.0 Å². The first kappa shape index (κ1) is 40.6. The minimum atomic E-state index is -0.682. The molecule has 0 saturated heterocycles. The highest BCUT2D eigenvalue weighted by molar-refractivity contribution is 9.10. The molecule has 13 heteroatoms. The first-order valence-electron chi connectivity index (χ1n) is 17.1. The van der Waals surface area contributed by atoms with Crippen molar-refractivity contribution in [3.63, 3.8) is 0 Å². The fourth-order valence-electron chi connectivity index (χ4n) is 5.45. The third kappa shape index (κ3) is 11.0. The largest absolute Gasteiger partial charge is 0.503 e. The number of anilines is 3. The van der Waals surface area contributed by atoms with E-state index in [1.54, 1.807) is 41.9 Å². The van der Waals surface area contributed by atoms with Crippen LogP contribution in [0.15, 0.2) is 162 Å². The zero-order chi connectivity index (χ0) is 39.6. The highest BCUT2D eigenvalue weighted by Gasteiger charge is 2.12. The quantitative estimate of drug-likeness (QED) is 0.0817. The molecule has 284 valence electrons. The number of rotatable bonds is 11. The smallest absolute Gasteiger partial charge is 0.221 e.